The number of hydrogen-bond acceptors (Lipinski definition) is 4. The summed E-state index contributed by atoms with van der Waals surface area (Å²) in [4.78, 5) is 20.0. The zero-order valence-electron chi connectivity index (χ0n) is 13.0. The van der Waals surface area contributed by atoms with Crippen molar-refractivity contribution in [3.05, 3.63) is 72.1 Å². The fourth-order valence-electron chi connectivity index (χ4n) is 2.24. The van der Waals surface area contributed by atoms with Gasteiger partial charge in [0.2, 0.25) is 5.95 Å². The summed E-state index contributed by atoms with van der Waals surface area (Å²) < 4.78 is 12.9. The van der Waals surface area contributed by atoms with Crippen LogP contribution in [0.2, 0.25) is 0 Å². The number of pyridine rings is 2. The molecule has 3 aromatic rings. The van der Waals surface area contributed by atoms with E-state index in [1.807, 2.05) is 13.0 Å². The average molecular weight is 322 g/mol. The van der Waals surface area contributed by atoms with Crippen molar-refractivity contribution < 1.29 is 9.18 Å². The third kappa shape index (κ3) is 3.38. The molecule has 3 rings (SSSR count). The normalized spacial score (nSPS) is 10.4. The molecule has 0 aliphatic carbocycles. The Bertz CT molecular complexity index is 894. The summed E-state index contributed by atoms with van der Waals surface area (Å²) in [7, 11) is 0. The molecule has 0 aliphatic heterocycles. The van der Waals surface area contributed by atoms with Crippen LogP contribution in [0.25, 0.3) is 11.1 Å². The third-order valence-corrected chi connectivity index (χ3v) is 3.51. The number of aryl methyl sites for hydroxylation is 1. The van der Waals surface area contributed by atoms with Crippen molar-refractivity contribution in [3.63, 3.8) is 0 Å². The molecule has 6 heteroatoms. The Hall–Kier alpha value is -3.28. The molecule has 0 saturated carbocycles. The van der Waals surface area contributed by atoms with Gasteiger partial charge >= 0.3 is 0 Å². The number of benzene rings is 1. The zero-order chi connectivity index (χ0) is 17.1. The molecule has 2 aromatic heterocycles. The Morgan fingerprint density at radius 3 is 2.58 bits per heavy atom. The maximum atomic E-state index is 12.9. The second-order valence-electron chi connectivity index (χ2n) is 5.34. The number of nitrogens with zero attached hydrogens (tertiary/aromatic N) is 2. The summed E-state index contributed by atoms with van der Waals surface area (Å²) in [5.41, 5.74) is 9.56. The van der Waals surface area contributed by atoms with Gasteiger partial charge in [0.05, 0.1) is 11.4 Å². The lowest BCUT2D eigenvalue weighted by atomic mass is 10.1. The molecular weight excluding hydrogens is 307 g/mol. The van der Waals surface area contributed by atoms with Crippen molar-refractivity contribution in [2.24, 2.45) is 0 Å². The number of nitrogens with two attached hydrogens (primary N) is 1. The van der Waals surface area contributed by atoms with Gasteiger partial charge in [-0.05, 0) is 54.4 Å². The van der Waals surface area contributed by atoms with Crippen LogP contribution in [-0.4, -0.2) is 15.9 Å². The summed E-state index contributed by atoms with van der Waals surface area (Å²) in [6.07, 6.45) is 3.00. The summed E-state index contributed by atoms with van der Waals surface area (Å²) in [6, 6.07) is 11.6. The zero-order valence-corrected chi connectivity index (χ0v) is 13.0. The number of halogens is 1. The molecular formula is C18H15FN4O. The highest BCUT2D eigenvalue weighted by Crippen LogP contribution is 2.27. The maximum absolute atomic E-state index is 12.9. The Balaban J connectivity index is 1.89. The molecule has 0 aliphatic rings. The van der Waals surface area contributed by atoms with E-state index >= 15 is 0 Å². The van der Waals surface area contributed by atoms with Crippen LogP contribution in [0.3, 0.4) is 0 Å². The van der Waals surface area contributed by atoms with E-state index in [2.05, 4.69) is 15.3 Å². The van der Waals surface area contributed by atoms with Crippen molar-refractivity contribution in [2.75, 3.05) is 11.1 Å². The topological polar surface area (TPSA) is 80.9 Å². The molecule has 24 heavy (non-hydrogen) atoms. The van der Waals surface area contributed by atoms with Gasteiger partial charge in [0, 0.05) is 18.0 Å². The van der Waals surface area contributed by atoms with E-state index in [-0.39, 0.29) is 5.91 Å². The molecule has 0 unspecified atom stereocenters. The van der Waals surface area contributed by atoms with Gasteiger partial charge in [-0.2, -0.15) is 4.39 Å². The van der Waals surface area contributed by atoms with Crippen LogP contribution in [0.5, 0.6) is 0 Å². The Morgan fingerprint density at radius 2 is 1.88 bits per heavy atom. The number of aromatic nitrogens is 2. The third-order valence-electron chi connectivity index (χ3n) is 3.51. The molecule has 0 spiro atoms. The van der Waals surface area contributed by atoms with Gasteiger partial charge in [-0.25, -0.2) is 4.98 Å². The molecule has 5 nitrogen and oxygen atoms in total. The summed E-state index contributed by atoms with van der Waals surface area (Å²) in [6.45, 7) is 1.88. The van der Waals surface area contributed by atoms with Gasteiger partial charge in [-0.15, -0.1) is 0 Å². The number of hydrogen-bond donors (Lipinski definition) is 2. The lowest BCUT2D eigenvalue weighted by Gasteiger charge is -2.10. The molecule has 1 aromatic carbocycles. The van der Waals surface area contributed by atoms with E-state index in [0.717, 1.165) is 16.7 Å². The number of rotatable bonds is 3. The maximum Gasteiger partial charge on any atom is 0.274 e. The molecule has 0 atom stereocenters. The summed E-state index contributed by atoms with van der Waals surface area (Å²) in [5, 5.41) is 2.75. The summed E-state index contributed by atoms with van der Waals surface area (Å²) in [5.74, 6) is -0.895. The largest absolute Gasteiger partial charge is 0.397 e. The Morgan fingerprint density at radius 1 is 1.08 bits per heavy atom. The Kier molecular flexibility index (Phi) is 4.20. The van der Waals surface area contributed by atoms with Crippen molar-refractivity contribution in [3.8, 4) is 11.1 Å². The number of anilines is 2. The van der Waals surface area contributed by atoms with Gasteiger partial charge < -0.3 is 11.1 Å². The van der Waals surface area contributed by atoms with Gasteiger partial charge in [-0.3, -0.25) is 9.78 Å². The van der Waals surface area contributed by atoms with Gasteiger partial charge in [0.25, 0.3) is 5.91 Å². The van der Waals surface area contributed by atoms with E-state index in [1.54, 1.807) is 36.5 Å². The molecule has 2 heterocycles. The van der Waals surface area contributed by atoms with Gasteiger partial charge in [0.1, 0.15) is 5.69 Å². The minimum Gasteiger partial charge on any atom is -0.397 e. The summed E-state index contributed by atoms with van der Waals surface area (Å²) >= 11 is 0. The second-order valence-corrected chi connectivity index (χ2v) is 5.34. The Labute approximate surface area is 138 Å². The quantitative estimate of drug-likeness (QED) is 0.572. The predicted molar refractivity (Wildman–Crippen MR) is 91.0 cm³/mol. The highest BCUT2D eigenvalue weighted by molar-refractivity contribution is 6.05. The monoisotopic (exact) mass is 322 g/mol. The van der Waals surface area contributed by atoms with Crippen molar-refractivity contribution in [1.82, 2.24) is 9.97 Å². The number of carbonyl (C=O) groups excluding carboxylic acids is 1. The van der Waals surface area contributed by atoms with E-state index in [9.17, 15) is 9.18 Å². The van der Waals surface area contributed by atoms with Crippen molar-refractivity contribution in [2.45, 2.75) is 6.92 Å². The fourth-order valence-corrected chi connectivity index (χ4v) is 2.24. The minimum atomic E-state index is -0.548. The fraction of sp³-hybridized carbons (Fsp3) is 0.0556. The first-order chi connectivity index (χ1) is 11.5. The number of nitrogens with one attached hydrogen (secondary N) is 1. The van der Waals surface area contributed by atoms with Crippen LogP contribution in [-0.2, 0) is 0 Å². The highest BCUT2D eigenvalue weighted by atomic mass is 19.1. The molecule has 3 N–H and O–H groups in total. The minimum absolute atomic E-state index is 0.309. The lowest BCUT2D eigenvalue weighted by Crippen LogP contribution is -2.15. The van der Waals surface area contributed by atoms with Crippen LogP contribution in [0.4, 0.5) is 15.8 Å². The van der Waals surface area contributed by atoms with Crippen LogP contribution in [0.15, 0.2) is 54.9 Å². The molecule has 0 fully saturated rings. The average Bonchev–Trinajstić information content (AvgIpc) is 2.57. The number of nitrogen functional groups attached to an aromatic ring is 1. The van der Waals surface area contributed by atoms with E-state index in [0.29, 0.717) is 17.1 Å². The highest BCUT2D eigenvalue weighted by Gasteiger charge is 2.11. The van der Waals surface area contributed by atoms with E-state index in [4.69, 9.17) is 5.73 Å². The SMILES string of the molecule is Cc1ccnc(C(=O)Nc2cc(-c3ccc(F)nc3)ccc2N)c1. The number of carbonyl (C=O) groups is 1. The smallest absolute Gasteiger partial charge is 0.274 e. The molecule has 1 amide bonds. The standard InChI is InChI=1S/C18H15FN4O/c1-11-6-7-21-16(8-11)18(24)23-15-9-12(2-4-14(15)20)13-3-5-17(19)22-10-13/h2-10H,20H2,1H3,(H,23,24). The van der Waals surface area contributed by atoms with Crippen molar-refractivity contribution in [1.29, 1.82) is 0 Å². The van der Waals surface area contributed by atoms with E-state index in [1.165, 1.54) is 12.3 Å². The van der Waals surface area contributed by atoms with Crippen molar-refractivity contribution >= 4 is 17.3 Å². The lowest BCUT2D eigenvalue weighted by molar-refractivity contribution is 0.102. The first-order valence-corrected chi connectivity index (χ1v) is 7.28. The number of amides is 1. The molecule has 120 valence electrons. The first kappa shape index (κ1) is 15.6. The van der Waals surface area contributed by atoms with Gasteiger partial charge in [0.15, 0.2) is 0 Å². The van der Waals surface area contributed by atoms with Crippen LogP contribution in [0, 0.1) is 12.9 Å². The van der Waals surface area contributed by atoms with Crippen LogP contribution < -0.4 is 11.1 Å². The first-order valence-electron chi connectivity index (χ1n) is 7.28. The molecule has 0 radical (unpaired) electrons. The van der Waals surface area contributed by atoms with E-state index < -0.39 is 5.95 Å². The van der Waals surface area contributed by atoms with Crippen LogP contribution >= 0.6 is 0 Å². The molecule has 0 bridgehead atoms. The van der Waals surface area contributed by atoms with Crippen LogP contribution in [0.1, 0.15) is 16.1 Å². The second kappa shape index (κ2) is 6.45. The predicted octanol–water partition coefficient (Wildman–Crippen LogP) is 3.43. The van der Waals surface area contributed by atoms with Gasteiger partial charge in [-0.1, -0.05) is 6.07 Å². The molecule has 0 saturated heterocycles.